The van der Waals surface area contributed by atoms with Gasteiger partial charge in [-0.1, -0.05) is 5.16 Å². The van der Waals surface area contributed by atoms with Gasteiger partial charge in [0.25, 0.3) is 0 Å². The summed E-state index contributed by atoms with van der Waals surface area (Å²) in [7, 11) is 0. The molecule has 0 radical (unpaired) electrons. The molecule has 0 aliphatic carbocycles. The van der Waals surface area contributed by atoms with Crippen LogP contribution in [0.5, 0.6) is 0 Å². The molecule has 0 spiro atoms. The van der Waals surface area contributed by atoms with Gasteiger partial charge in [0.1, 0.15) is 17.8 Å². The molecular formula is C11H11N5O. The molecule has 86 valence electrons. The Morgan fingerprint density at radius 1 is 1.47 bits per heavy atom. The van der Waals surface area contributed by atoms with E-state index in [-0.39, 0.29) is 5.71 Å². The first-order chi connectivity index (χ1) is 8.15. The Kier molecular flexibility index (Phi) is 2.95. The minimum atomic E-state index is 0.170. The Hall–Kier alpha value is -2.50. The lowest BCUT2D eigenvalue weighted by Crippen LogP contribution is -2.06. The minimum Gasteiger partial charge on any atom is -0.384 e. The van der Waals surface area contributed by atoms with E-state index in [2.05, 4.69) is 19.6 Å². The summed E-state index contributed by atoms with van der Waals surface area (Å²) in [5, 5.41) is 11.5. The highest BCUT2D eigenvalue weighted by Crippen LogP contribution is 2.04. The molecule has 0 aromatic carbocycles. The van der Waals surface area contributed by atoms with Gasteiger partial charge in [-0.2, -0.15) is 0 Å². The van der Waals surface area contributed by atoms with E-state index in [1.165, 1.54) is 6.26 Å². The average Bonchev–Trinajstić information content (AvgIpc) is 2.77. The van der Waals surface area contributed by atoms with E-state index in [0.717, 1.165) is 5.69 Å². The second kappa shape index (κ2) is 4.56. The van der Waals surface area contributed by atoms with Crippen LogP contribution in [0.25, 0.3) is 6.08 Å². The van der Waals surface area contributed by atoms with Crippen molar-refractivity contribution in [1.82, 2.24) is 15.1 Å². The summed E-state index contributed by atoms with van der Waals surface area (Å²) < 4.78 is 4.67. The largest absolute Gasteiger partial charge is 0.384 e. The number of hydrogen-bond donors (Lipinski definition) is 2. The van der Waals surface area contributed by atoms with Crippen LogP contribution < -0.4 is 5.73 Å². The van der Waals surface area contributed by atoms with Crippen LogP contribution in [0.3, 0.4) is 0 Å². The van der Waals surface area contributed by atoms with E-state index in [1.807, 2.05) is 0 Å². The third-order valence-electron chi connectivity index (χ3n) is 1.99. The molecule has 0 unspecified atom stereocenters. The summed E-state index contributed by atoms with van der Waals surface area (Å²) in [4.78, 5) is 8.10. The summed E-state index contributed by atoms with van der Waals surface area (Å²) in [6, 6.07) is 3.34. The zero-order chi connectivity index (χ0) is 12.3. The standard InChI is InChI=1S/C11H11N5O/c1-7-6-10(13)15-11(14-7)9(12)3-2-8-4-5-17-16-8/h2-6,12H,1H3,(H2,13,14,15)/b3-2+,12-9?. The first-order valence-electron chi connectivity index (χ1n) is 4.94. The van der Waals surface area contributed by atoms with Crippen LogP contribution in [0.15, 0.2) is 29.0 Å². The Labute approximate surface area is 97.7 Å². The molecule has 2 rings (SSSR count). The van der Waals surface area contributed by atoms with Crippen molar-refractivity contribution >= 4 is 17.6 Å². The molecule has 0 saturated heterocycles. The first-order valence-corrected chi connectivity index (χ1v) is 4.94. The molecular weight excluding hydrogens is 218 g/mol. The van der Waals surface area contributed by atoms with E-state index in [0.29, 0.717) is 17.3 Å². The molecule has 2 aromatic rings. The van der Waals surface area contributed by atoms with Crippen molar-refractivity contribution in [3.8, 4) is 0 Å². The van der Waals surface area contributed by atoms with Crippen LogP contribution in [0, 0.1) is 12.3 Å². The molecule has 0 aliphatic rings. The second-order valence-electron chi connectivity index (χ2n) is 3.43. The maximum atomic E-state index is 7.80. The highest BCUT2D eigenvalue weighted by molar-refractivity contribution is 6.06. The maximum absolute atomic E-state index is 7.80. The third-order valence-corrected chi connectivity index (χ3v) is 1.99. The third kappa shape index (κ3) is 2.75. The lowest BCUT2D eigenvalue weighted by Gasteiger charge is -2.00. The fourth-order valence-electron chi connectivity index (χ4n) is 1.26. The molecule has 0 fully saturated rings. The van der Waals surface area contributed by atoms with Crippen molar-refractivity contribution in [2.45, 2.75) is 6.92 Å². The lowest BCUT2D eigenvalue weighted by molar-refractivity contribution is 0.418. The van der Waals surface area contributed by atoms with Gasteiger partial charge in [0.2, 0.25) is 0 Å². The van der Waals surface area contributed by atoms with Gasteiger partial charge in [-0.25, -0.2) is 9.97 Å². The van der Waals surface area contributed by atoms with Crippen molar-refractivity contribution < 1.29 is 4.52 Å². The predicted molar refractivity (Wildman–Crippen MR) is 63.5 cm³/mol. The van der Waals surface area contributed by atoms with Crippen molar-refractivity contribution in [2.75, 3.05) is 5.73 Å². The van der Waals surface area contributed by atoms with Gasteiger partial charge in [-0.3, -0.25) is 5.41 Å². The molecule has 3 N–H and O–H groups in total. The van der Waals surface area contributed by atoms with Gasteiger partial charge < -0.3 is 10.3 Å². The van der Waals surface area contributed by atoms with Crippen LogP contribution in [0.1, 0.15) is 17.2 Å². The van der Waals surface area contributed by atoms with E-state index in [9.17, 15) is 0 Å². The molecule has 2 heterocycles. The van der Waals surface area contributed by atoms with Crippen LogP contribution in [-0.4, -0.2) is 20.8 Å². The number of aryl methyl sites for hydroxylation is 1. The number of nitrogens with zero attached hydrogens (tertiary/aromatic N) is 3. The van der Waals surface area contributed by atoms with Crippen molar-refractivity contribution in [1.29, 1.82) is 5.41 Å². The quantitative estimate of drug-likeness (QED) is 0.775. The topological polar surface area (TPSA) is 102 Å². The van der Waals surface area contributed by atoms with Crippen LogP contribution in [0.2, 0.25) is 0 Å². The number of nitrogens with two attached hydrogens (primary N) is 1. The number of allylic oxidation sites excluding steroid dienone is 1. The molecule has 0 saturated carbocycles. The minimum absolute atomic E-state index is 0.170. The summed E-state index contributed by atoms with van der Waals surface area (Å²) in [6.45, 7) is 1.80. The monoisotopic (exact) mass is 229 g/mol. The average molecular weight is 229 g/mol. The van der Waals surface area contributed by atoms with E-state index >= 15 is 0 Å². The highest BCUT2D eigenvalue weighted by atomic mass is 16.5. The molecule has 17 heavy (non-hydrogen) atoms. The highest BCUT2D eigenvalue weighted by Gasteiger charge is 2.03. The van der Waals surface area contributed by atoms with E-state index in [4.69, 9.17) is 11.1 Å². The Bertz CT molecular complexity index is 539. The molecule has 0 atom stereocenters. The lowest BCUT2D eigenvalue weighted by atomic mass is 10.2. The summed E-state index contributed by atoms with van der Waals surface area (Å²) in [6.07, 6.45) is 4.66. The van der Waals surface area contributed by atoms with E-state index < -0.39 is 0 Å². The molecule has 0 aliphatic heterocycles. The van der Waals surface area contributed by atoms with Crippen LogP contribution in [-0.2, 0) is 0 Å². The molecule has 0 amide bonds. The smallest absolute Gasteiger partial charge is 0.179 e. The summed E-state index contributed by atoms with van der Waals surface area (Å²) >= 11 is 0. The Balaban J connectivity index is 2.20. The summed E-state index contributed by atoms with van der Waals surface area (Å²) in [5.41, 5.74) is 7.12. The number of nitrogen functional groups attached to an aromatic ring is 1. The van der Waals surface area contributed by atoms with Gasteiger partial charge in [-0.15, -0.1) is 0 Å². The number of aromatic nitrogens is 3. The number of rotatable bonds is 3. The molecule has 6 nitrogen and oxygen atoms in total. The molecule has 2 aromatic heterocycles. The summed E-state index contributed by atoms with van der Waals surface area (Å²) in [5.74, 6) is 0.648. The zero-order valence-electron chi connectivity index (χ0n) is 9.21. The zero-order valence-corrected chi connectivity index (χ0v) is 9.21. The molecule has 6 heteroatoms. The van der Waals surface area contributed by atoms with Crippen molar-refractivity contribution in [3.63, 3.8) is 0 Å². The Morgan fingerprint density at radius 2 is 2.29 bits per heavy atom. The number of hydrogen-bond acceptors (Lipinski definition) is 6. The van der Waals surface area contributed by atoms with Crippen molar-refractivity contribution in [3.05, 3.63) is 41.7 Å². The van der Waals surface area contributed by atoms with Gasteiger partial charge in [0.15, 0.2) is 5.82 Å². The number of anilines is 1. The van der Waals surface area contributed by atoms with Crippen LogP contribution >= 0.6 is 0 Å². The second-order valence-corrected chi connectivity index (χ2v) is 3.43. The molecule has 0 bridgehead atoms. The number of nitrogens with one attached hydrogen (secondary N) is 1. The van der Waals surface area contributed by atoms with Crippen LogP contribution in [0.4, 0.5) is 5.82 Å². The Morgan fingerprint density at radius 3 is 2.94 bits per heavy atom. The predicted octanol–water partition coefficient (Wildman–Crippen LogP) is 1.44. The SMILES string of the molecule is Cc1cc(N)nc(C(=N)/C=C/c2ccon2)n1. The van der Waals surface area contributed by atoms with Gasteiger partial charge in [0.05, 0.1) is 5.71 Å². The normalized spacial score (nSPS) is 10.9. The van der Waals surface area contributed by atoms with Crippen molar-refractivity contribution in [2.24, 2.45) is 0 Å². The van der Waals surface area contributed by atoms with E-state index in [1.54, 1.807) is 31.2 Å². The van der Waals surface area contributed by atoms with Gasteiger partial charge in [-0.05, 0) is 19.1 Å². The van der Waals surface area contributed by atoms with Gasteiger partial charge in [0, 0.05) is 17.8 Å². The maximum Gasteiger partial charge on any atom is 0.179 e. The fourth-order valence-corrected chi connectivity index (χ4v) is 1.26. The fraction of sp³-hybridized carbons (Fsp3) is 0.0909. The van der Waals surface area contributed by atoms with Gasteiger partial charge >= 0.3 is 0 Å². The first kappa shape index (κ1) is 11.0.